The molecule has 0 aliphatic carbocycles. The number of thiocarbonyl (C=S) groups is 1. The van der Waals surface area contributed by atoms with Crippen LogP contribution >= 0.6 is 12.2 Å². The van der Waals surface area contributed by atoms with Gasteiger partial charge in [0.2, 0.25) is 0 Å². The summed E-state index contributed by atoms with van der Waals surface area (Å²) < 4.78 is 35.8. The van der Waals surface area contributed by atoms with Crippen LogP contribution in [-0.4, -0.2) is 43.0 Å². The Labute approximate surface area is 260 Å². The quantitative estimate of drug-likeness (QED) is 0.108. The number of carbonyl (C=O) groups is 2. The van der Waals surface area contributed by atoms with Crippen molar-refractivity contribution in [3.63, 3.8) is 0 Å². The fourth-order valence-electron chi connectivity index (χ4n) is 4.35. The predicted octanol–water partition coefficient (Wildman–Crippen LogP) is 4.69. The van der Waals surface area contributed by atoms with E-state index in [9.17, 15) is 14.0 Å². The minimum Gasteiger partial charge on any atom is -0.490 e. The molecule has 0 fully saturated rings. The van der Waals surface area contributed by atoms with E-state index in [-0.39, 0.29) is 25.6 Å². The maximum absolute atomic E-state index is 13.2. The fourth-order valence-corrected chi connectivity index (χ4v) is 4.62. The average Bonchev–Trinajstić information content (AvgIpc) is 3.00. The summed E-state index contributed by atoms with van der Waals surface area (Å²) in [6, 6.07) is 17.7. The van der Waals surface area contributed by atoms with Crippen molar-refractivity contribution in [3.8, 4) is 17.2 Å². The molecule has 1 atom stereocenters. The normalized spacial score (nSPS) is 14.5. The lowest BCUT2D eigenvalue weighted by atomic mass is 9.95. The molecule has 3 N–H and O–H groups in total. The number of carbonyl (C=O) groups excluding carboxylic acids is 2. The number of hydrogen-bond donors (Lipinski definition) is 3. The van der Waals surface area contributed by atoms with E-state index in [1.54, 1.807) is 68.4 Å². The second kappa shape index (κ2) is 15.5. The zero-order valence-corrected chi connectivity index (χ0v) is 25.3. The van der Waals surface area contributed by atoms with Crippen LogP contribution < -0.4 is 30.3 Å². The van der Waals surface area contributed by atoms with Crippen LogP contribution in [0.15, 0.2) is 83.1 Å². The Morgan fingerprint density at radius 2 is 1.75 bits per heavy atom. The first-order chi connectivity index (χ1) is 21.3. The highest BCUT2D eigenvalue weighted by molar-refractivity contribution is 7.80. The zero-order chi connectivity index (χ0) is 31.5. The number of halogens is 1. The number of para-hydroxylation sites is 1. The van der Waals surface area contributed by atoms with Crippen LogP contribution in [0.25, 0.3) is 0 Å². The molecule has 0 unspecified atom stereocenters. The van der Waals surface area contributed by atoms with Gasteiger partial charge < -0.3 is 29.6 Å². The second-order valence-electron chi connectivity index (χ2n) is 9.46. The third-order valence-corrected chi connectivity index (χ3v) is 6.55. The first-order valence-electron chi connectivity index (χ1n) is 13.9. The molecule has 3 aromatic carbocycles. The van der Waals surface area contributed by atoms with E-state index < -0.39 is 17.9 Å². The molecule has 1 heterocycles. The highest BCUT2D eigenvalue weighted by Gasteiger charge is 2.32. The molecule has 12 heteroatoms. The lowest BCUT2D eigenvalue weighted by molar-refractivity contribution is -0.139. The molecule has 0 saturated carbocycles. The van der Waals surface area contributed by atoms with Gasteiger partial charge in [-0.2, -0.15) is 5.10 Å². The van der Waals surface area contributed by atoms with Gasteiger partial charge in [0.15, 0.2) is 23.2 Å². The maximum atomic E-state index is 13.2. The van der Waals surface area contributed by atoms with E-state index in [1.807, 2.05) is 6.92 Å². The second-order valence-corrected chi connectivity index (χ2v) is 9.87. The van der Waals surface area contributed by atoms with Crippen LogP contribution in [0, 0.1) is 5.82 Å². The van der Waals surface area contributed by atoms with Crippen LogP contribution in [0.4, 0.5) is 4.39 Å². The van der Waals surface area contributed by atoms with Gasteiger partial charge in [-0.25, -0.2) is 14.6 Å². The smallest absolute Gasteiger partial charge is 0.338 e. The summed E-state index contributed by atoms with van der Waals surface area (Å²) in [5, 5.41) is 10.4. The Kier molecular flexibility index (Phi) is 11.2. The first kappa shape index (κ1) is 32.0. The monoisotopic (exact) mass is 620 g/mol. The molecular weight excluding hydrogens is 587 g/mol. The highest BCUT2D eigenvalue weighted by atomic mass is 32.1. The van der Waals surface area contributed by atoms with E-state index in [4.69, 9.17) is 31.2 Å². The summed E-state index contributed by atoms with van der Waals surface area (Å²) in [5.74, 6) is 0.117. The lowest BCUT2D eigenvalue weighted by Crippen LogP contribution is -2.45. The largest absolute Gasteiger partial charge is 0.490 e. The van der Waals surface area contributed by atoms with Crippen molar-refractivity contribution >= 4 is 35.4 Å². The summed E-state index contributed by atoms with van der Waals surface area (Å²) in [6.07, 6.45) is 1.47. The van der Waals surface area contributed by atoms with E-state index in [1.165, 1.54) is 18.3 Å². The highest BCUT2D eigenvalue weighted by Crippen LogP contribution is 2.33. The molecule has 44 heavy (non-hydrogen) atoms. The van der Waals surface area contributed by atoms with Crippen molar-refractivity contribution in [3.05, 3.63) is 101 Å². The summed E-state index contributed by atoms with van der Waals surface area (Å²) in [5.41, 5.74) is 5.47. The van der Waals surface area contributed by atoms with Gasteiger partial charge in [-0.3, -0.25) is 4.79 Å². The van der Waals surface area contributed by atoms with E-state index in [2.05, 4.69) is 21.2 Å². The van der Waals surface area contributed by atoms with E-state index >= 15 is 0 Å². The van der Waals surface area contributed by atoms with Crippen LogP contribution in [0.5, 0.6) is 17.2 Å². The summed E-state index contributed by atoms with van der Waals surface area (Å²) >= 11 is 5.31. The molecule has 4 rings (SSSR count). The number of hydrazone groups is 1. The average molecular weight is 621 g/mol. The minimum atomic E-state index is -0.637. The first-order valence-corrected chi connectivity index (χ1v) is 14.3. The number of ether oxygens (including phenoxy) is 4. The number of nitrogens with one attached hydrogen (secondary N) is 3. The van der Waals surface area contributed by atoms with Gasteiger partial charge in [0.1, 0.15) is 18.2 Å². The Hall–Kier alpha value is -4.97. The molecule has 3 aromatic rings. The number of allylic oxidation sites excluding steroid dienone is 1. The standard InChI is InChI=1S/C32H33FN4O6S/c1-4-40-27-16-22(12-15-26(27)42-18-21-10-13-23(33)14-11-21)17-34-37-28(38)19-43-25-9-7-6-8-24(25)30-29(31(39)41-5-2)20(3)35-32(44)36-30/h6-17,30H,4-5,18-19H2,1-3H3,(H,37,38)(H2,35,36,44)/t30-/m1/s1. The van der Waals surface area contributed by atoms with Gasteiger partial charge >= 0.3 is 5.97 Å². The number of rotatable bonds is 13. The van der Waals surface area contributed by atoms with Gasteiger partial charge in [0.25, 0.3) is 5.91 Å². The number of esters is 1. The molecule has 230 valence electrons. The molecule has 1 aliphatic heterocycles. The Morgan fingerprint density at radius 1 is 0.977 bits per heavy atom. The van der Waals surface area contributed by atoms with Crippen LogP contribution in [0.2, 0.25) is 0 Å². The molecule has 0 spiro atoms. The zero-order valence-electron chi connectivity index (χ0n) is 24.5. The summed E-state index contributed by atoms with van der Waals surface area (Å²) in [7, 11) is 0. The minimum absolute atomic E-state index is 0.216. The maximum Gasteiger partial charge on any atom is 0.338 e. The topological polar surface area (TPSA) is 120 Å². The van der Waals surface area contributed by atoms with Crippen molar-refractivity contribution in [2.24, 2.45) is 5.10 Å². The SMILES string of the molecule is CCOC(=O)C1=C(C)NC(=S)N[C@@H]1c1ccccc1OCC(=O)NN=Cc1ccc(OCc2ccc(F)cc2)c(OCC)c1. The molecule has 0 saturated heterocycles. The van der Waals surface area contributed by atoms with Crippen molar-refractivity contribution in [1.29, 1.82) is 0 Å². The number of hydrogen-bond acceptors (Lipinski definition) is 8. The van der Waals surface area contributed by atoms with Crippen LogP contribution in [0.1, 0.15) is 43.5 Å². The van der Waals surface area contributed by atoms with E-state index in [0.717, 1.165) is 5.56 Å². The number of benzene rings is 3. The van der Waals surface area contributed by atoms with Crippen molar-refractivity contribution in [2.45, 2.75) is 33.4 Å². The molecule has 1 amide bonds. The van der Waals surface area contributed by atoms with Gasteiger partial charge in [-0.05, 0) is 80.5 Å². The van der Waals surface area contributed by atoms with Crippen LogP contribution in [-0.2, 0) is 20.9 Å². The molecular formula is C32H33FN4O6S. The third kappa shape index (κ3) is 8.54. The predicted molar refractivity (Wildman–Crippen MR) is 167 cm³/mol. The fraction of sp³-hybridized carbons (Fsp3) is 0.250. The molecule has 1 aliphatic rings. The van der Waals surface area contributed by atoms with E-state index in [0.29, 0.717) is 51.4 Å². The summed E-state index contributed by atoms with van der Waals surface area (Å²) in [4.78, 5) is 25.3. The van der Waals surface area contributed by atoms with Gasteiger partial charge in [0, 0.05) is 11.3 Å². The molecule has 0 radical (unpaired) electrons. The van der Waals surface area contributed by atoms with Gasteiger partial charge in [-0.1, -0.05) is 30.3 Å². The molecule has 10 nitrogen and oxygen atoms in total. The lowest BCUT2D eigenvalue weighted by Gasteiger charge is -2.30. The Balaban J connectivity index is 1.38. The molecule has 0 aromatic heterocycles. The van der Waals surface area contributed by atoms with Gasteiger partial charge in [0.05, 0.1) is 31.0 Å². The van der Waals surface area contributed by atoms with Crippen LogP contribution in [0.3, 0.4) is 0 Å². The Morgan fingerprint density at radius 3 is 2.50 bits per heavy atom. The van der Waals surface area contributed by atoms with Gasteiger partial charge in [-0.15, -0.1) is 0 Å². The number of amides is 1. The van der Waals surface area contributed by atoms with Crippen molar-refractivity contribution in [2.75, 3.05) is 19.8 Å². The number of nitrogens with zero attached hydrogens (tertiary/aromatic N) is 1. The van der Waals surface area contributed by atoms with Crippen molar-refractivity contribution < 1.29 is 32.9 Å². The Bertz CT molecular complexity index is 1560. The van der Waals surface area contributed by atoms with Crippen molar-refractivity contribution in [1.82, 2.24) is 16.1 Å². The molecule has 0 bridgehead atoms. The summed E-state index contributed by atoms with van der Waals surface area (Å²) in [6.45, 7) is 5.87. The third-order valence-electron chi connectivity index (χ3n) is 6.33.